The first kappa shape index (κ1) is 20.3. The van der Waals surface area contributed by atoms with E-state index >= 15 is 0 Å². The lowest BCUT2D eigenvalue weighted by atomic mass is 10.1. The van der Waals surface area contributed by atoms with E-state index in [1.54, 1.807) is 48.5 Å². The first-order valence-corrected chi connectivity index (χ1v) is 10.0. The standard InChI is InChI=1S/C25H21NO5/c27-23(11-6-16-26-24(28)21-9-4-5-10-22(21)25(26)29)31-20-14-12-19(13-15-20)30-17-18-7-2-1-3-8-18/h1-5,7-10,12-15H,6,11,16-17H2. The van der Waals surface area contributed by atoms with Crippen molar-refractivity contribution in [3.05, 3.63) is 95.6 Å². The molecule has 156 valence electrons. The summed E-state index contributed by atoms with van der Waals surface area (Å²) in [5, 5.41) is 0. The maximum atomic E-state index is 12.3. The van der Waals surface area contributed by atoms with E-state index < -0.39 is 5.97 Å². The summed E-state index contributed by atoms with van der Waals surface area (Å²) in [5.74, 6) is 0.0294. The Labute approximate surface area is 180 Å². The van der Waals surface area contributed by atoms with Gasteiger partial charge in [-0.1, -0.05) is 42.5 Å². The van der Waals surface area contributed by atoms with Gasteiger partial charge in [0.15, 0.2) is 0 Å². The average molecular weight is 415 g/mol. The predicted molar refractivity (Wildman–Crippen MR) is 114 cm³/mol. The third-order valence-corrected chi connectivity index (χ3v) is 4.94. The number of hydrogen-bond donors (Lipinski definition) is 0. The fraction of sp³-hybridized carbons (Fsp3) is 0.160. The molecule has 0 atom stereocenters. The van der Waals surface area contributed by atoms with Gasteiger partial charge in [-0.2, -0.15) is 0 Å². The smallest absolute Gasteiger partial charge is 0.311 e. The molecule has 6 nitrogen and oxygen atoms in total. The zero-order chi connectivity index (χ0) is 21.6. The van der Waals surface area contributed by atoms with Gasteiger partial charge in [0.1, 0.15) is 18.1 Å². The molecule has 0 saturated carbocycles. The van der Waals surface area contributed by atoms with Crippen molar-refractivity contribution in [2.75, 3.05) is 6.54 Å². The lowest BCUT2D eigenvalue weighted by Gasteiger charge is -2.13. The second kappa shape index (κ2) is 9.26. The molecule has 0 saturated heterocycles. The molecule has 0 bridgehead atoms. The summed E-state index contributed by atoms with van der Waals surface area (Å²) in [6.45, 7) is 0.630. The molecule has 1 aliphatic heterocycles. The normalized spacial score (nSPS) is 12.6. The van der Waals surface area contributed by atoms with E-state index in [2.05, 4.69) is 0 Å². The highest BCUT2D eigenvalue weighted by Gasteiger charge is 2.34. The summed E-state index contributed by atoms with van der Waals surface area (Å²) in [7, 11) is 0. The Morgan fingerprint density at radius 1 is 0.742 bits per heavy atom. The molecule has 3 aromatic carbocycles. The number of benzene rings is 3. The second-order valence-electron chi connectivity index (χ2n) is 7.13. The van der Waals surface area contributed by atoms with Crippen LogP contribution in [0.15, 0.2) is 78.9 Å². The third-order valence-electron chi connectivity index (χ3n) is 4.94. The number of amides is 2. The van der Waals surface area contributed by atoms with Gasteiger partial charge in [0.2, 0.25) is 0 Å². The van der Waals surface area contributed by atoms with E-state index in [-0.39, 0.29) is 24.8 Å². The van der Waals surface area contributed by atoms with Gasteiger partial charge >= 0.3 is 5.97 Å². The molecule has 1 heterocycles. The van der Waals surface area contributed by atoms with Crippen LogP contribution in [0, 0.1) is 0 Å². The first-order valence-electron chi connectivity index (χ1n) is 10.0. The zero-order valence-corrected chi connectivity index (χ0v) is 16.8. The van der Waals surface area contributed by atoms with Crippen LogP contribution in [0.2, 0.25) is 0 Å². The van der Waals surface area contributed by atoms with Gasteiger partial charge in [0.05, 0.1) is 11.1 Å². The summed E-state index contributed by atoms with van der Waals surface area (Å²) in [6, 6.07) is 23.4. The molecular weight excluding hydrogens is 394 g/mol. The van der Waals surface area contributed by atoms with Crippen molar-refractivity contribution in [2.45, 2.75) is 19.4 Å². The molecule has 0 radical (unpaired) electrons. The zero-order valence-electron chi connectivity index (χ0n) is 16.8. The number of ether oxygens (including phenoxy) is 2. The van der Waals surface area contributed by atoms with E-state index in [4.69, 9.17) is 9.47 Å². The average Bonchev–Trinajstić information content (AvgIpc) is 3.04. The molecule has 31 heavy (non-hydrogen) atoms. The Kier molecular flexibility index (Phi) is 6.08. The number of fused-ring (bicyclic) bond motifs is 1. The second-order valence-corrected chi connectivity index (χ2v) is 7.13. The molecule has 0 spiro atoms. The minimum atomic E-state index is -0.422. The van der Waals surface area contributed by atoms with E-state index in [9.17, 15) is 14.4 Å². The highest BCUT2D eigenvalue weighted by atomic mass is 16.5. The summed E-state index contributed by atoms with van der Waals surface area (Å²) in [4.78, 5) is 38.0. The van der Waals surface area contributed by atoms with Crippen molar-refractivity contribution in [2.24, 2.45) is 0 Å². The fourth-order valence-electron chi connectivity index (χ4n) is 3.35. The van der Waals surface area contributed by atoms with Crippen LogP contribution < -0.4 is 9.47 Å². The Hall–Kier alpha value is -3.93. The molecule has 0 N–H and O–H groups in total. The lowest BCUT2D eigenvalue weighted by molar-refractivity contribution is -0.134. The molecule has 6 heteroatoms. The molecule has 0 aromatic heterocycles. The summed E-state index contributed by atoms with van der Waals surface area (Å²) in [5.41, 5.74) is 1.88. The molecular formula is C25H21NO5. The minimum Gasteiger partial charge on any atom is -0.489 e. The Morgan fingerprint density at radius 2 is 1.32 bits per heavy atom. The molecule has 0 aliphatic carbocycles. The number of imide groups is 1. The van der Waals surface area contributed by atoms with E-state index in [1.807, 2.05) is 30.3 Å². The summed E-state index contributed by atoms with van der Waals surface area (Å²) in [6.07, 6.45) is 0.433. The number of esters is 1. The van der Waals surface area contributed by atoms with Crippen LogP contribution in [0.25, 0.3) is 0 Å². The molecule has 2 amide bonds. The van der Waals surface area contributed by atoms with Crippen molar-refractivity contribution in [3.63, 3.8) is 0 Å². The highest BCUT2D eigenvalue weighted by Crippen LogP contribution is 2.23. The number of rotatable bonds is 8. The molecule has 1 aliphatic rings. The SMILES string of the molecule is O=C(CCCN1C(=O)c2ccccc2C1=O)Oc1ccc(OCc2ccccc2)cc1. The number of carbonyl (C=O) groups excluding carboxylic acids is 3. The quantitative estimate of drug-likeness (QED) is 0.312. The van der Waals surface area contributed by atoms with Gasteiger partial charge in [-0.15, -0.1) is 0 Å². The van der Waals surface area contributed by atoms with Crippen molar-refractivity contribution >= 4 is 17.8 Å². The van der Waals surface area contributed by atoms with Crippen molar-refractivity contribution < 1.29 is 23.9 Å². The summed E-state index contributed by atoms with van der Waals surface area (Å²) < 4.78 is 11.0. The third kappa shape index (κ3) is 4.80. The topological polar surface area (TPSA) is 72.9 Å². The van der Waals surface area contributed by atoms with E-state index in [1.165, 1.54) is 4.90 Å². The maximum absolute atomic E-state index is 12.3. The maximum Gasteiger partial charge on any atom is 0.311 e. The van der Waals surface area contributed by atoms with Crippen LogP contribution in [0.1, 0.15) is 39.1 Å². The van der Waals surface area contributed by atoms with Gasteiger partial charge in [0.25, 0.3) is 11.8 Å². The van der Waals surface area contributed by atoms with Gasteiger partial charge in [-0.3, -0.25) is 19.3 Å². The Balaban J connectivity index is 1.22. The molecule has 0 unspecified atom stereocenters. The lowest BCUT2D eigenvalue weighted by Crippen LogP contribution is -2.31. The van der Waals surface area contributed by atoms with Gasteiger partial charge < -0.3 is 9.47 Å². The van der Waals surface area contributed by atoms with E-state index in [0.29, 0.717) is 35.7 Å². The number of hydrogen-bond acceptors (Lipinski definition) is 5. The first-order chi connectivity index (χ1) is 15.1. The fourth-order valence-corrected chi connectivity index (χ4v) is 3.35. The molecule has 3 aromatic rings. The van der Waals surface area contributed by atoms with Gasteiger partial charge in [0, 0.05) is 13.0 Å². The van der Waals surface area contributed by atoms with Crippen molar-refractivity contribution in [1.29, 1.82) is 0 Å². The van der Waals surface area contributed by atoms with Gasteiger partial charge in [-0.05, 0) is 48.4 Å². The van der Waals surface area contributed by atoms with Crippen LogP contribution in [0.3, 0.4) is 0 Å². The monoisotopic (exact) mass is 415 g/mol. The Bertz CT molecular complexity index is 1060. The largest absolute Gasteiger partial charge is 0.489 e. The predicted octanol–water partition coefficient (Wildman–Crippen LogP) is 4.25. The van der Waals surface area contributed by atoms with E-state index in [0.717, 1.165) is 5.56 Å². The number of carbonyl (C=O) groups is 3. The van der Waals surface area contributed by atoms with Crippen LogP contribution >= 0.6 is 0 Å². The van der Waals surface area contributed by atoms with Crippen molar-refractivity contribution in [1.82, 2.24) is 4.90 Å². The van der Waals surface area contributed by atoms with Crippen molar-refractivity contribution in [3.8, 4) is 11.5 Å². The van der Waals surface area contributed by atoms with Crippen LogP contribution in [0.5, 0.6) is 11.5 Å². The summed E-state index contributed by atoms with van der Waals surface area (Å²) >= 11 is 0. The van der Waals surface area contributed by atoms with Gasteiger partial charge in [-0.25, -0.2) is 0 Å². The van der Waals surface area contributed by atoms with Crippen LogP contribution in [0.4, 0.5) is 0 Å². The van der Waals surface area contributed by atoms with Crippen LogP contribution in [-0.2, 0) is 11.4 Å². The molecule has 4 rings (SSSR count). The highest BCUT2D eigenvalue weighted by molar-refractivity contribution is 6.21. The van der Waals surface area contributed by atoms with Crippen LogP contribution in [-0.4, -0.2) is 29.2 Å². The molecule has 0 fully saturated rings. The minimum absolute atomic E-state index is 0.0969. The Morgan fingerprint density at radius 3 is 1.97 bits per heavy atom. The number of nitrogens with zero attached hydrogens (tertiary/aromatic N) is 1.